The third-order valence-electron chi connectivity index (χ3n) is 2.35. The number of benzene rings is 1. The van der Waals surface area contributed by atoms with Crippen molar-refractivity contribution in [2.24, 2.45) is 5.92 Å². The zero-order chi connectivity index (χ0) is 13.0. The maximum atomic E-state index is 12.4. The van der Waals surface area contributed by atoms with Crippen LogP contribution in [-0.4, -0.2) is 16.9 Å². The standard InChI is InChI=1S/C12H12F2O3/c1-7(5-10(15)16)11(17)8-3-2-4-9(6-8)12(13)14/h2-4,6-7,12H,5H2,1H3,(H,15,16). The molecule has 0 saturated heterocycles. The SMILES string of the molecule is CC(CC(=O)O)C(=O)c1cccc(C(F)F)c1. The Bertz CT molecular complexity index is 430. The van der Waals surface area contributed by atoms with Crippen LogP contribution in [0.5, 0.6) is 0 Å². The van der Waals surface area contributed by atoms with E-state index in [9.17, 15) is 18.4 Å². The molecule has 0 aromatic heterocycles. The van der Waals surface area contributed by atoms with E-state index in [4.69, 9.17) is 5.11 Å². The zero-order valence-corrected chi connectivity index (χ0v) is 9.19. The average Bonchev–Trinajstić information content (AvgIpc) is 2.27. The van der Waals surface area contributed by atoms with Crippen LogP contribution in [0.15, 0.2) is 24.3 Å². The molecule has 92 valence electrons. The zero-order valence-electron chi connectivity index (χ0n) is 9.19. The summed E-state index contributed by atoms with van der Waals surface area (Å²) in [6.45, 7) is 1.46. The third-order valence-corrected chi connectivity index (χ3v) is 2.35. The molecule has 3 nitrogen and oxygen atoms in total. The van der Waals surface area contributed by atoms with Crippen molar-refractivity contribution in [2.75, 3.05) is 0 Å². The first-order valence-corrected chi connectivity index (χ1v) is 5.06. The Labute approximate surface area is 97.1 Å². The van der Waals surface area contributed by atoms with Crippen LogP contribution in [0.1, 0.15) is 35.7 Å². The molecule has 1 atom stereocenters. The molecule has 0 fully saturated rings. The van der Waals surface area contributed by atoms with Gasteiger partial charge in [-0.2, -0.15) is 0 Å². The third kappa shape index (κ3) is 3.62. The minimum absolute atomic E-state index is 0.122. The van der Waals surface area contributed by atoms with E-state index in [-0.39, 0.29) is 17.5 Å². The maximum absolute atomic E-state index is 12.4. The molecule has 0 heterocycles. The Balaban J connectivity index is 2.88. The highest BCUT2D eigenvalue weighted by atomic mass is 19.3. The predicted molar refractivity (Wildman–Crippen MR) is 57.1 cm³/mol. The van der Waals surface area contributed by atoms with Gasteiger partial charge in [0.15, 0.2) is 5.78 Å². The lowest BCUT2D eigenvalue weighted by atomic mass is 9.95. The van der Waals surface area contributed by atoms with Crippen LogP contribution in [0.25, 0.3) is 0 Å². The van der Waals surface area contributed by atoms with Gasteiger partial charge in [0, 0.05) is 17.0 Å². The van der Waals surface area contributed by atoms with E-state index in [1.54, 1.807) is 0 Å². The fourth-order valence-corrected chi connectivity index (χ4v) is 1.47. The normalized spacial score (nSPS) is 12.5. The van der Waals surface area contributed by atoms with E-state index >= 15 is 0 Å². The molecule has 0 aliphatic rings. The van der Waals surface area contributed by atoms with Gasteiger partial charge in [0.25, 0.3) is 6.43 Å². The van der Waals surface area contributed by atoms with Gasteiger partial charge in [0.05, 0.1) is 6.42 Å². The molecule has 0 spiro atoms. The number of ketones is 1. The first kappa shape index (κ1) is 13.3. The smallest absolute Gasteiger partial charge is 0.304 e. The van der Waals surface area contributed by atoms with Gasteiger partial charge in [-0.25, -0.2) is 8.78 Å². The van der Waals surface area contributed by atoms with E-state index in [1.165, 1.54) is 25.1 Å². The van der Waals surface area contributed by atoms with Crippen LogP contribution in [0.2, 0.25) is 0 Å². The Kier molecular flexibility index (Phi) is 4.31. The van der Waals surface area contributed by atoms with Crippen molar-refractivity contribution in [1.29, 1.82) is 0 Å². The molecule has 0 aliphatic carbocycles. The summed E-state index contributed by atoms with van der Waals surface area (Å²) in [7, 11) is 0. The lowest BCUT2D eigenvalue weighted by molar-refractivity contribution is -0.137. The number of aliphatic carboxylic acids is 1. The molecule has 5 heteroatoms. The van der Waals surface area contributed by atoms with Gasteiger partial charge in [0.2, 0.25) is 0 Å². The quantitative estimate of drug-likeness (QED) is 0.807. The van der Waals surface area contributed by atoms with E-state index < -0.39 is 24.1 Å². The fraction of sp³-hybridized carbons (Fsp3) is 0.333. The second-order valence-electron chi connectivity index (χ2n) is 3.79. The molecule has 0 saturated carbocycles. The van der Waals surface area contributed by atoms with Crippen molar-refractivity contribution in [2.45, 2.75) is 19.8 Å². The summed E-state index contributed by atoms with van der Waals surface area (Å²) in [4.78, 5) is 22.2. The number of carbonyl (C=O) groups is 2. The van der Waals surface area contributed by atoms with Crippen molar-refractivity contribution in [3.8, 4) is 0 Å². The van der Waals surface area contributed by atoms with E-state index in [0.29, 0.717) is 0 Å². The van der Waals surface area contributed by atoms with Crippen LogP contribution in [0.4, 0.5) is 8.78 Å². The number of carboxylic acids is 1. The topological polar surface area (TPSA) is 54.4 Å². The lowest BCUT2D eigenvalue weighted by Crippen LogP contribution is -2.15. The van der Waals surface area contributed by atoms with Gasteiger partial charge >= 0.3 is 5.97 Å². The van der Waals surface area contributed by atoms with Crippen LogP contribution >= 0.6 is 0 Å². The van der Waals surface area contributed by atoms with E-state index in [0.717, 1.165) is 6.07 Å². The Morgan fingerprint density at radius 1 is 1.35 bits per heavy atom. The number of Topliss-reactive ketones (excluding diaryl/α,β-unsaturated/α-hetero) is 1. The lowest BCUT2D eigenvalue weighted by Gasteiger charge is -2.08. The Morgan fingerprint density at radius 3 is 2.53 bits per heavy atom. The summed E-state index contributed by atoms with van der Waals surface area (Å²) in [5, 5.41) is 8.55. The molecular weight excluding hydrogens is 230 g/mol. The summed E-state index contributed by atoms with van der Waals surface area (Å²) in [5.74, 6) is -2.24. The minimum atomic E-state index is -2.64. The second-order valence-corrected chi connectivity index (χ2v) is 3.79. The summed E-state index contributed by atoms with van der Waals surface area (Å²) in [6.07, 6.45) is -2.95. The number of alkyl halides is 2. The van der Waals surface area contributed by atoms with Crippen LogP contribution in [0.3, 0.4) is 0 Å². The van der Waals surface area contributed by atoms with Crippen LogP contribution in [0, 0.1) is 5.92 Å². The minimum Gasteiger partial charge on any atom is -0.481 e. The molecule has 0 radical (unpaired) electrons. The Hall–Kier alpha value is -1.78. The van der Waals surface area contributed by atoms with Crippen molar-refractivity contribution in [3.63, 3.8) is 0 Å². The highest BCUT2D eigenvalue weighted by Crippen LogP contribution is 2.21. The molecule has 1 aromatic carbocycles. The van der Waals surface area contributed by atoms with Crippen molar-refractivity contribution in [1.82, 2.24) is 0 Å². The molecule has 1 rings (SSSR count). The maximum Gasteiger partial charge on any atom is 0.304 e. The monoisotopic (exact) mass is 242 g/mol. The van der Waals surface area contributed by atoms with Crippen LogP contribution in [-0.2, 0) is 4.79 Å². The van der Waals surface area contributed by atoms with E-state index in [2.05, 4.69) is 0 Å². The molecule has 1 aromatic rings. The molecule has 1 N–H and O–H groups in total. The summed E-state index contributed by atoms with van der Waals surface area (Å²) in [6, 6.07) is 5.10. The fourth-order valence-electron chi connectivity index (χ4n) is 1.47. The van der Waals surface area contributed by atoms with Gasteiger partial charge in [-0.1, -0.05) is 25.1 Å². The van der Waals surface area contributed by atoms with Gasteiger partial charge in [-0.15, -0.1) is 0 Å². The van der Waals surface area contributed by atoms with Gasteiger partial charge in [-0.3, -0.25) is 9.59 Å². The number of rotatable bonds is 5. The van der Waals surface area contributed by atoms with Crippen molar-refractivity contribution >= 4 is 11.8 Å². The number of hydrogen-bond acceptors (Lipinski definition) is 2. The summed E-state index contributed by atoms with van der Waals surface area (Å²) < 4.78 is 24.8. The van der Waals surface area contributed by atoms with E-state index in [1.807, 2.05) is 0 Å². The molecular formula is C12H12F2O3. The highest BCUT2D eigenvalue weighted by molar-refractivity contribution is 5.99. The van der Waals surface area contributed by atoms with Crippen molar-refractivity contribution in [3.05, 3.63) is 35.4 Å². The summed E-state index contributed by atoms with van der Waals surface area (Å²) >= 11 is 0. The largest absolute Gasteiger partial charge is 0.481 e. The molecule has 0 aliphatic heterocycles. The van der Waals surface area contributed by atoms with Gasteiger partial charge in [0.1, 0.15) is 0 Å². The molecule has 1 unspecified atom stereocenters. The number of carboxylic acid groups (broad SMARTS) is 1. The first-order chi connectivity index (χ1) is 7.91. The van der Waals surface area contributed by atoms with Gasteiger partial charge < -0.3 is 5.11 Å². The molecule has 0 amide bonds. The Morgan fingerprint density at radius 2 is 2.00 bits per heavy atom. The van der Waals surface area contributed by atoms with Gasteiger partial charge in [-0.05, 0) is 6.07 Å². The highest BCUT2D eigenvalue weighted by Gasteiger charge is 2.19. The predicted octanol–water partition coefficient (Wildman–Crippen LogP) is 2.92. The number of halogens is 2. The first-order valence-electron chi connectivity index (χ1n) is 5.06. The van der Waals surface area contributed by atoms with Crippen molar-refractivity contribution < 1.29 is 23.5 Å². The summed E-state index contributed by atoms with van der Waals surface area (Å²) in [5.41, 5.74) is -0.116. The molecule has 17 heavy (non-hydrogen) atoms. The second kappa shape index (κ2) is 5.52. The average molecular weight is 242 g/mol. The number of carbonyl (C=O) groups excluding carboxylic acids is 1. The van der Waals surface area contributed by atoms with Crippen LogP contribution < -0.4 is 0 Å². The molecule has 0 bridgehead atoms. The number of hydrogen-bond donors (Lipinski definition) is 1.